The molecule has 1 aromatic rings. The first-order chi connectivity index (χ1) is 8.74. The first-order valence-corrected chi connectivity index (χ1v) is 6.61. The number of carbonyl (C=O) groups excluding carboxylic acids is 1. The van der Waals surface area contributed by atoms with Crippen molar-refractivity contribution in [2.75, 3.05) is 6.54 Å². The highest BCUT2D eigenvalue weighted by Gasteiger charge is 2.39. The number of fused-ring (bicyclic) bond motifs is 1. The van der Waals surface area contributed by atoms with E-state index in [1.165, 1.54) is 31.5 Å². The maximum absolute atomic E-state index is 13.0. The summed E-state index contributed by atoms with van der Waals surface area (Å²) >= 11 is 0. The fourth-order valence-corrected chi connectivity index (χ4v) is 3.41. The number of halogens is 1. The fraction of sp³-hybridized carbons (Fsp3) is 0.571. The van der Waals surface area contributed by atoms with Gasteiger partial charge in [0.1, 0.15) is 5.82 Å². The summed E-state index contributed by atoms with van der Waals surface area (Å²) in [5, 5.41) is 3.44. The third-order valence-corrected chi connectivity index (χ3v) is 4.31. The van der Waals surface area contributed by atoms with Crippen molar-refractivity contribution < 1.29 is 9.18 Å². The Bertz CT molecular complexity index is 463. The Hall–Kier alpha value is -1.29. The van der Waals surface area contributed by atoms with Gasteiger partial charge in [0.25, 0.3) is 0 Å². The maximum Gasteiger partial charge on any atom is 0.166 e. The molecule has 1 aliphatic heterocycles. The molecule has 1 saturated carbocycles. The highest BCUT2D eigenvalue weighted by molar-refractivity contribution is 5.96. The van der Waals surface area contributed by atoms with E-state index in [1.807, 2.05) is 0 Å². The van der Waals surface area contributed by atoms with Crippen molar-refractivity contribution in [3.63, 3.8) is 0 Å². The average molecular weight is 248 g/mol. The monoisotopic (exact) mass is 248 g/mol. The lowest BCUT2D eigenvalue weighted by atomic mass is 9.90. The van der Waals surface area contributed by atoms with Crippen molar-refractivity contribution in [1.82, 2.24) is 10.3 Å². The van der Waals surface area contributed by atoms with Gasteiger partial charge in [-0.2, -0.15) is 0 Å². The summed E-state index contributed by atoms with van der Waals surface area (Å²) in [6, 6.07) is 1.55. The lowest BCUT2D eigenvalue weighted by Gasteiger charge is -2.17. The number of Topliss-reactive ketones (excluding diaryl/α,β-unsaturated/α-hetero) is 1. The molecular weight excluding hydrogens is 231 g/mol. The second-order valence-corrected chi connectivity index (χ2v) is 5.39. The Kier molecular flexibility index (Phi) is 3.12. The van der Waals surface area contributed by atoms with Crippen molar-refractivity contribution in [3.05, 3.63) is 29.8 Å². The van der Waals surface area contributed by atoms with Crippen LogP contribution in [0.4, 0.5) is 4.39 Å². The van der Waals surface area contributed by atoms with Crippen molar-refractivity contribution in [2.24, 2.45) is 11.8 Å². The van der Waals surface area contributed by atoms with Crippen LogP contribution in [0.15, 0.2) is 18.5 Å². The van der Waals surface area contributed by atoms with Gasteiger partial charge in [0.05, 0.1) is 6.20 Å². The maximum atomic E-state index is 13.0. The molecule has 0 radical (unpaired) electrons. The molecule has 18 heavy (non-hydrogen) atoms. The van der Waals surface area contributed by atoms with Crippen LogP contribution in [-0.2, 0) is 0 Å². The molecule has 3 atom stereocenters. The van der Waals surface area contributed by atoms with Gasteiger partial charge in [0, 0.05) is 24.2 Å². The Labute approximate surface area is 106 Å². The van der Waals surface area contributed by atoms with E-state index in [-0.39, 0.29) is 11.8 Å². The molecule has 1 saturated heterocycles. The topological polar surface area (TPSA) is 42.0 Å². The highest BCUT2D eigenvalue weighted by Crippen LogP contribution is 2.38. The number of carbonyl (C=O) groups is 1. The molecule has 3 nitrogen and oxygen atoms in total. The zero-order chi connectivity index (χ0) is 12.5. The lowest BCUT2D eigenvalue weighted by Crippen LogP contribution is -2.29. The number of ketones is 1. The number of nitrogens with one attached hydrogen (secondary N) is 1. The quantitative estimate of drug-likeness (QED) is 0.834. The van der Waals surface area contributed by atoms with E-state index >= 15 is 0 Å². The highest BCUT2D eigenvalue weighted by atomic mass is 19.1. The third kappa shape index (κ3) is 2.17. The minimum atomic E-state index is -0.445. The number of hydrogen-bond acceptors (Lipinski definition) is 3. The van der Waals surface area contributed by atoms with Crippen molar-refractivity contribution in [1.29, 1.82) is 0 Å². The predicted octanol–water partition coefficient (Wildman–Crippen LogP) is 2.18. The minimum absolute atomic E-state index is 0.00736. The standard InChI is InChI=1S/C14H17FN2O/c15-11-4-10(6-16-8-11)14(18)5-13-12-3-1-2-9(12)7-17-13/h4,6,8-9,12-13,17H,1-3,5,7H2. The van der Waals surface area contributed by atoms with Gasteiger partial charge < -0.3 is 5.32 Å². The molecule has 2 aliphatic rings. The summed E-state index contributed by atoms with van der Waals surface area (Å²) in [6.07, 6.45) is 6.82. The Morgan fingerprint density at radius 1 is 1.44 bits per heavy atom. The van der Waals surface area contributed by atoms with Gasteiger partial charge in [-0.05, 0) is 37.3 Å². The van der Waals surface area contributed by atoms with Crippen LogP contribution in [0.5, 0.6) is 0 Å². The average Bonchev–Trinajstić information content (AvgIpc) is 2.94. The first kappa shape index (κ1) is 11.8. The molecule has 1 aromatic heterocycles. The molecule has 1 N–H and O–H groups in total. The van der Waals surface area contributed by atoms with Crippen LogP contribution in [0.1, 0.15) is 36.0 Å². The van der Waals surface area contributed by atoms with Crippen LogP contribution in [0.25, 0.3) is 0 Å². The SMILES string of the molecule is O=C(CC1NCC2CCCC21)c1cncc(F)c1. The van der Waals surface area contributed by atoms with Gasteiger partial charge in [0.2, 0.25) is 0 Å². The van der Waals surface area contributed by atoms with Crippen LogP contribution in [-0.4, -0.2) is 23.4 Å². The second kappa shape index (κ2) is 4.76. The molecule has 4 heteroatoms. The number of aromatic nitrogens is 1. The minimum Gasteiger partial charge on any atom is -0.313 e. The second-order valence-electron chi connectivity index (χ2n) is 5.39. The summed E-state index contributed by atoms with van der Waals surface area (Å²) in [4.78, 5) is 15.8. The zero-order valence-electron chi connectivity index (χ0n) is 10.2. The van der Waals surface area contributed by atoms with E-state index in [9.17, 15) is 9.18 Å². The summed E-state index contributed by atoms with van der Waals surface area (Å²) in [6.45, 7) is 1.03. The van der Waals surface area contributed by atoms with E-state index < -0.39 is 5.82 Å². The van der Waals surface area contributed by atoms with Gasteiger partial charge in [0.15, 0.2) is 5.78 Å². The summed E-state index contributed by atoms with van der Waals surface area (Å²) < 4.78 is 13.0. The first-order valence-electron chi connectivity index (χ1n) is 6.61. The Morgan fingerprint density at radius 3 is 3.17 bits per heavy atom. The molecule has 3 unspecified atom stereocenters. The van der Waals surface area contributed by atoms with Crippen LogP contribution in [0.3, 0.4) is 0 Å². The van der Waals surface area contributed by atoms with E-state index in [0.717, 1.165) is 18.7 Å². The Morgan fingerprint density at radius 2 is 2.33 bits per heavy atom. The van der Waals surface area contributed by atoms with E-state index in [1.54, 1.807) is 0 Å². The molecule has 0 amide bonds. The number of hydrogen-bond donors (Lipinski definition) is 1. The Balaban J connectivity index is 1.68. The molecule has 1 aliphatic carbocycles. The number of nitrogens with zero attached hydrogens (tertiary/aromatic N) is 1. The molecule has 2 heterocycles. The molecule has 0 spiro atoms. The number of rotatable bonds is 3. The van der Waals surface area contributed by atoms with Crippen molar-refractivity contribution in [3.8, 4) is 0 Å². The summed E-state index contributed by atoms with van der Waals surface area (Å²) in [5.41, 5.74) is 0.387. The molecule has 3 rings (SSSR count). The molecule has 0 bridgehead atoms. The summed E-state index contributed by atoms with van der Waals surface area (Å²) in [5.74, 6) is 0.926. The van der Waals surface area contributed by atoms with Gasteiger partial charge in [-0.15, -0.1) is 0 Å². The smallest absolute Gasteiger partial charge is 0.166 e. The molecule has 96 valence electrons. The normalized spacial score (nSPS) is 30.4. The number of pyridine rings is 1. The third-order valence-electron chi connectivity index (χ3n) is 4.31. The van der Waals surface area contributed by atoms with Crippen molar-refractivity contribution in [2.45, 2.75) is 31.7 Å². The zero-order valence-corrected chi connectivity index (χ0v) is 10.2. The summed E-state index contributed by atoms with van der Waals surface area (Å²) in [7, 11) is 0. The van der Waals surface area contributed by atoms with Crippen LogP contribution in [0, 0.1) is 17.7 Å². The van der Waals surface area contributed by atoms with Crippen LogP contribution < -0.4 is 5.32 Å². The largest absolute Gasteiger partial charge is 0.313 e. The fourth-order valence-electron chi connectivity index (χ4n) is 3.41. The van der Waals surface area contributed by atoms with Crippen LogP contribution >= 0.6 is 0 Å². The van der Waals surface area contributed by atoms with Gasteiger partial charge in [-0.25, -0.2) is 4.39 Å². The molecular formula is C14H17FN2O. The van der Waals surface area contributed by atoms with Crippen LogP contribution in [0.2, 0.25) is 0 Å². The molecule has 0 aromatic carbocycles. The molecule has 2 fully saturated rings. The van der Waals surface area contributed by atoms with E-state index in [2.05, 4.69) is 10.3 Å². The van der Waals surface area contributed by atoms with Gasteiger partial charge in [-0.1, -0.05) is 6.42 Å². The van der Waals surface area contributed by atoms with E-state index in [4.69, 9.17) is 0 Å². The van der Waals surface area contributed by atoms with Gasteiger partial charge >= 0.3 is 0 Å². The lowest BCUT2D eigenvalue weighted by molar-refractivity contribution is 0.0962. The van der Waals surface area contributed by atoms with E-state index in [0.29, 0.717) is 17.9 Å². The predicted molar refractivity (Wildman–Crippen MR) is 65.8 cm³/mol. The van der Waals surface area contributed by atoms with Gasteiger partial charge in [-0.3, -0.25) is 9.78 Å². The van der Waals surface area contributed by atoms with Crippen molar-refractivity contribution >= 4 is 5.78 Å².